The summed E-state index contributed by atoms with van der Waals surface area (Å²) in [6.45, 7) is 6.71. The Balaban J connectivity index is 1.36. The summed E-state index contributed by atoms with van der Waals surface area (Å²) in [6, 6.07) is 18.7. The highest BCUT2D eigenvalue weighted by atomic mass is 16.5. The number of esters is 1. The van der Waals surface area contributed by atoms with E-state index < -0.39 is 5.97 Å². The van der Waals surface area contributed by atoms with Crippen molar-refractivity contribution in [2.45, 2.75) is 27.3 Å². The van der Waals surface area contributed by atoms with Crippen molar-refractivity contribution in [2.24, 2.45) is 0 Å². The smallest absolute Gasteiger partial charge is 0.343 e. The lowest BCUT2D eigenvalue weighted by Crippen LogP contribution is -2.13. The van der Waals surface area contributed by atoms with E-state index in [1.807, 2.05) is 79.3 Å². The molecule has 10 heteroatoms. The minimum atomic E-state index is -0.477. The summed E-state index contributed by atoms with van der Waals surface area (Å²) >= 11 is 0. The van der Waals surface area contributed by atoms with Crippen LogP contribution in [0.25, 0.3) is 39.1 Å². The van der Waals surface area contributed by atoms with Gasteiger partial charge in [0.25, 0.3) is 5.91 Å². The monoisotopic (exact) mass is 545 g/mol. The molecule has 1 N–H and O–H groups in total. The number of carbonyl (C=O) groups excluding carboxylic acids is 2. The van der Waals surface area contributed by atoms with Gasteiger partial charge in [-0.25, -0.2) is 19.3 Å². The molecule has 41 heavy (non-hydrogen) atoms. The maximum absolute atomic E-state index is 13.7. The number of hydrogen-bond acceptors (Lipinski definition) is 7. The van der Waals surface area contributed by atoms with Crippen LogP contribution < -0.4 is 5.32 Å². The maximum Gasteiger partial charge on any atom is 0.343 e. The van der Waals surface area contributed by atoms with Gasteiger partial charge in [0.1, 0.15) is 5.56 Å². The molecule has 4 aromatic heterocycles. The lowest BCUT2D eigenvalue weighted by Gasteiger charge is -2.12. The summed E-state index contributed by atoms with van der Waals surface area (Å²) < 4.78 is 8.59. The molecule has 6 aromatic rings. The molecule has 2 aromatic carbocycles. The van der Waals surface area contributed by atoms with Gasteiger partial charge in [0, 0.05) is 41.1 Å². The second-order valence-corrected chi connectivity index (χ2v) is 9.44. The SMILES string of the molecule is CCOC(=O)c1cnn2c(-c3cccc(NC(=O)c4cc(-c5cn(CC)nc5C)nc5ccccc45)c3)ccnc12. The Bertz CT molecular complexity index is 1940. The summed E-state index contributed by atoms with van der Waals surface area (Å²) in [4.78, 5) is 35.2. The number of para-hydroxylation sites is 1. The van der Waals surface area contributed by atoms with Gasteiger partial charge in [-0.1, -0.05) is 30.3 Å². The molecule has 4 heterocycles. The average molecular weight is 546 g/mol. The molecule has 6 rings (SSSR count). The number of nitrogens with zero attached hydrogens (tertiary/aromatic N) is 6. The average Bonchev–Trinajstić information content (AvgIpc) is 3.60. The largest absolute Gasteiger partial charge is 0.462 e. The van der Waals surface area contributed by atoms with Crippen LogP contribution in [0, 0.1) is 6.92 Å². The Morgan fingerprint density at radius 2 is 1.85 bits per heavy atom. The first-order chi connectivity index (χ1) is 20.0. The molecule has 1 amide bonds. The van der Waals surface area contributed by atoms with Crippen LogP contribution in [0.5, 0.6) is 0 Å². The van der Waals surface area contributed by atoms with Gasteiger partial charge in [0.2, 0.25) is 0 Å². The highest BCUT2D eigenvalue weighted by molar-refractivity contribution is 6.13. The van der Waals surface area contributed by atoms with E-state index >= 15 is 0 Å². The number of fused-ring (bicyclic) bond motifs is 2. The number of nitrogens with one attached hydrogen (secondary N) is 1. The molecule has 0 atom stereocenters. The topological polar surface area (TPSA) is 116 Å². The van der Waals surface area contributed by atoms with Crippen LogP contribution >= 0.6 is 0 Å². The maximum atomic E-state index is 13.7. The van der Waals surface area contributed by atoms with Crippen molar-refractivity contribution in [2.75, 3.05) is 11.9 Å². The molecule has 0 aliphatic carbocycles. The van der Waals surface area contributed by atoms with Gasteiger partial charge in [-0.05, 0) is 51.1 Å². The van der Waals surface area contributed by atoms with Crippen LogP contribution in [0.15, 0.2) is 79.3 Å². The Labute approximate surface area is 235 Å². The molecule has 204 valence electrons. The van der Waals surface area contributed by atoms with Crippen LogP contribution in [0.1, 0.15) is 40.3 Å². The highest BCUT2D eigenvalue weighted by Gasteiger charge is 2.19. The van der Waals surface area contributed by atoms with Crippen molar-refractivity contribution in [3.63, 3.8) is 0 Å². The molecular formula is C31H27N7O3. The van der Waals surface area contributed by atoms with E-state index in [1.54, 1.807) is 23.7 Å². The van der Waals surface area contributed by atoms with Gasteiger partial charge in [0.15, 0.2) is 5.65 Å². The minimum absolute atomic E-state index is 0.258. The molecule has 0 fully saturated rings. The van der Waals surface area contributed by atoms with Gasteiger partial charge < -0.3 is 10.1 Å². The highest BCUT2D eigenvalue weighted by Crippen LogP contribution is 2.29. The Kier molecular flexibility index (Phi) is 6.72. The van der Waals surface area contributed by atoms with Crippen molar-refractivity contribution >= 4 is 34.1 Å². The Morgan fingerprint density at radius 3 is 2.66 bits per heavy atom. The fraction of sp³-hybridized carbons (Fsp3) is 0.161. The van der Waals surface area contributed by atoms with Gasteiger partial charge >= 0.3 is 5.97 Å². The summed E-state index contributed by atoms with van der Waals surface area (Å²) in [6.07, 6.45) is 5.02. The summed E-state index contributed by atoms with van der Waals surface area (Å²) in [5.74, 6) is -0.736. The molecule has 0 saturated carbocycles. The van der Waals surface area contributed by atoms with E-state index in [-0.39, 0.29) is 12.5 Å². The van der Waals surface area contributed by atoms with E-state index in [9.17, 15) is 9.59 Å². The van der Waals surface area contributed by atoms with E-state index in [4.69, 9.17) is 9.72 Å². The van der Waals surface area contributed by atoms with Crippen LogP contribution in [0.2, 0.25) is 0 Å². The number of benzene rings is 2. The van der Waals surface area contributed by atoms with E-state index in [0.717, 1.165) is 34.3 Å². The zero-order valence-corrected chi connectivity index (χ0v) is 22.8. The number of rotatable bonds is 7. The first-order valence-electron chi connectivity index (χ1n) is 13.3. The predicted molar refractivity (Wildman–Crippen MR) is 156 cm³/mol. The van der Waals surface area contributed by atoms with Crippen LogP contribution in [0.3, 0.4) is 0 Å². The van der Waals surface area contributed by atoms with Crippen LogP contribution in [-0.4, -0.2) is 47.8 Å². The Hall–Kier alpha value is -5.38. The molecule has 0 saturated heterocycles. The van der Waals surface area contributed by atoms with Gasteiger partial charge in [-0.3, -0.25) is 9.48 Å². The molecule has 0 radical (unpaired) electrons. The second-order valence-electron chi connectivity index (χ2n) is 9.44. The standard InChI is InChI=1S/C31H27N7O3/c1-4-37-18-25(19(3)36-37)27-16-23(22-11-6-7-12-26(22)35-27)30(39)34-21-10-8-9-20(15-21)28-13-14-32-29-24(17-33-38(28)29)31(40)41-5-2/h6-18H,4-5H2,1-3H3,(H,34,39). The van der Waals surface area contributed by atoms with Crippen LogP contribution in [-0.2, 0) is 11.3 Å². The van der Waals surface area contributed by atoms with Gasteiger partial charge in [-0.2, -0.15) is 10.2 Å². The number of pyridine rings is 1. The quantitative estimate of drug-likeness (QED) is 0.261. The Morgan fingerprint density at radius 1 is 1.00 bits per heavy atom. The minimum Gasteiger partial charge on any atom is -0.462 e. The fourth-order valence-corrected chi connectivity index (χ4v) is 4.85. The lowest BCUT2D eigenvalue weighted by atomic mass is 10.0. The zero-order valence-electron chi connectivity index (χ0n) is 22.8. The molecule has 10 nitrogen and oxygen atoms in total. The lowest BCUT2D eigenvalue weighted by molar-refractivity contribution is 0.0528. The predicted octanol–water partition coefficient (Wildman–Crippen LogP) is 5.57. The van der Waals surface area contributed by atoms with E-state index in [1.165, 1.54) is 6.20 Å². The third-order valence-corrected chi connectivity index (χ3v) is 6.82. The number of anilines is 1. The van der Waals surface area contributed by atoms with Crippen LogP contribution in [0.4, 0.5) is 5.69 Å². The molecule has 0 spiro atoms. The van der Waals surface area contributed by atoms with Crippen molar-refractivity contribution in [3.05, 3.63) is 96.1 Å². The van der Waals surface area contributed by atoms with Crippen molar-refractivity contribution in [1.29, 1.82) is 0 Å². The molecular weight excluding hydrogens is 518 g/mol. The molecule has 0 unspecified atom stereocenters. The number of hydrogen-bond donors (Lipinski definition) is 1. The van der Waals surface area contributed by atoms with Gasteiger partial charge in [0.05, 0.1) is 41.0 Å². The number of amides is 1. The van der Waals surface area contributed by atoms with E-state index in [0.29, 0.717) is 33.8 Å². The molecule has 0 aliphatic rings. The number of aryl methyl sites for hydroxylation is 2. The molecule has 0 bridgehead atoms. The fourth-order valence-electron chi connectivity index (χ4n) is 4.85. The molecule has 0 aliphatic heterocycles. The van der Waals surface area contributed by atoms with Gasteiger partial charge in [-0.15, -0.1) is 0 Å². The number of carbonyl (C=O) groups is 2. The summed E-state index contributed by atoms with van der Waals surface area (Å²) in [5.41, 5.74) is 6.45. The van der Waals surface area contributed by atoms with Crippen molar-refractivity contribution < 1.29 is 14.3 Å². The third kappa shape index (κ3) is 4.80. The number of aromatic nitrogens is 6. The van der Waals surface area contributed by atoms with Crippen molar-refractivity contribution in [3.8, 4) is 22.5 Å². The normalized spacial score (nSPS) is 11.2. The summed E-state index contributed by atoms with van der Waals surface area (Å²) in [5, 5.41) is 12.7. The first kappa shape index (κ1) is 25.9. The van der Waals surface area contributed by atoms with E-state index in [2.05, 4.69) is 20.5 Å². The second kappa shape index (κ2) is 10.6. The number of ether oxygens (including phenoxy) is 1. The third-order valence-electron chi connectivity index (χ3n) is 6.82. The van der Waals surface area contributed by atoms with Crippen molar-refractivity contribution in [1.82, 2.24) is 29.4 Å². The summed E-state index contributed by atoms with van der Waals surface area (Å²) in [7, 11) is 0. The first-order valence-corrected chi connectivity index (χ1v) is 13.3. The zero-order chi connectivity index (χ0) is 28.5.